The second-order valence-electron chi connectivity index (χ2n) is 8.02. The molecule has 6 heteroatoms. The Labute approximate surface area is 167 Å². The molecule has 0 bridgehead atoms. The molecule has 0 saturated carbocycles. The molecule has 2 aromatic carbocycles. The summed E-state index contributed by atoms with van der Waals surface area (Å²) < 4.78 is 42.0. The Balaban J connectivity index is 1.52. The molecule has 0 N–H and O–H groups in total. The number of hydrogen-bond donors (Lipinski definition) is 0. The van der Waals surface area contributed by atoms with Crippen molar-refractivity contribution < 1.29 is 12.8 Å². The largest absolute Gasteiger partial charge is 0.292 e. The van der Waals surface area contributed by atoms with E-state index in [1.165, 1.54) is 6.07 Å². The van der Waals surface area contributed by atoms with Crippen LogP contribution in [0.25, 0.3) is 0 Å². The third-order valence-corrected chi connectivity index (χ3v) is 7.96. The van der Waals surface area contributed by atoms with Crippen LogP contribution in [0.15, 0.2) is 54.6 Å². The number of likely N-dealkylation sites (tertiary alicyclic amines) is 1. The van der Waals surface area contributed by atoms with Crippen molar-refractivity contribution in [3.05, 3.63) is 71.5 Å². The summed E-state index contributed by atoms with van der Waals surface area (Å²) in [6, 6.07) is 16.2. The van der Waals surface area contributed by atoms with Gasteiger partial charge in [0.25, 0.3) is 0 Å². The van der Waals surface area contributed by atoms with Crippen molar-refractivity contribution in [3.63, 3.8) is 0 Å². The maximum Gasteiger partial charge on any atom is 0.218 e. The van der Waals surface area contributed by atoms with Gasteiger partial charge in [-0.25, -0.2) is 12.8 Å². The summed E-state index contributed by atoms with van der Waals surface area (Å²) in [4.78, 5) is 2.32. The van der Waals surface area contributed by atoms with Gasteiger partial charge in [0.1, 0.15) is 5.82 Å². The van der Waals surface area contributed by atoms with Gasteiger partial charge >= 0.3 is 0 Å². The van der Waals surface area contributed by atoms with E-state index in [1.807, 2.05) is 42.5 Å². The van der Waals surface area contributed by atoms with Gasteiger partial charge < -0.3 is 0 Å². The summed E-state index contributed by atoms with van der Waals surface area (Å²) in [7, 11) is -3.37. The summed E-state index contributed by atoms with van der Waals surface area (Å²) in [6.07, 6.45) is 3.82. The third kappa shape index (κ3) is 4.00. The minimum Gasteiger partial charge on any atom is -0.292 e. The minimum absolute atomic E-state index is 0.0389. The first-order chi connectivity index (χ1) is 13.5. The first-order valence-corrected chi connectivity index (χ1v) is 11.6. The zero-order valence-electron chi connectivity index (χ0n) is 16.1. The van der Waals surface area contributed by atoms with Gasteiger partial charge in [-0.15, -0.1) is 0 Å². The van der Waals surface area contributed by atoms with E-state index in [4.69, 9.17) is 0 Å². The summed E-state index contributed by atoms with van der Waals surface area (Å²) in [6.45, 7) is 2.52. The van der Waals surface area contributed by atoms with Crippen molar-refractivity contribution in [3.8, 4) is 0 Å². The van der Waals surface area contributed by atoms with Gasteiger partial charge in [0, 0.05) is 30.7 Å². The van der Waals surface area contributed by atoms with Crippen LogP contribution in [-0.2, 0) is 22.3 Å². The van der Waals surface area contributed by atoms with E-state index in [0.717, 1.165) is 37.8 Å². The lowest BCUT2D eigenvalue weighted by Crippen LogP contribution is -2.56. The molecule has 28 heavy (non-hydrogen) atoms. The van der Waals surface area contributed by atoms with E-state index in [2.05, 4.69) is 4.90 Å². The zero-order valence-corrected chi connectivity index (χ0v) is 16.9. The Bertz CT molecular complexity index is 919. The molecule has 2 aromatic rings. The van der Waals surface area contributed by atoms with Crippen molar-refractivity contribution >= 4 is 10.0 Å². The number of nitrogens with zero attached hydrogens (tertiary/aromatic N) is 2. The quantitative estimate of drug-likeness (QED) is 0.764. The predicted octanol–water partition coefficient (Wildman–Crippen LogP) is 3.79. The Kier molecular flexibility index (Phi) is 5.54. The number of halogens is 1. The number of benzene rings is 2. The Hall–Kier alpha value is -1.76. The molecule has 2 heterocycles. The first-order valence-electron chi connectivity index (χ1n) is 9.99. The summed E-state index contributed by atoms with van der Waals surface area (Å²) in [5, 5.41) is 0. The molecule has 0 radical (unpaired) electrons. The first kappa shape index (κ1) is 19.6. The van der Waals surface area contributed by atoms with Gasteiger partial charge in [0.15, 0.2) is 0 Å². The highest BCUT2D eigenvalue weighted by atomic mass is 32.2. The van der Waals surface area contributed by atoms with Crippen molar-refractivity contribution in [2.45, 2.75) is 43.5 Å². The molecular formula is C22H27FN2O2S. The van der Waals surface area contributed by atoms with Crippen molar-refractivity contribution in [2.24, 2.45) is 0 Å². The standard InChI is InChI=1S/C22H27FN2O2S/c23-21-11-5-4-10-20(21)16-24-14-6-12-22(24)13-7-15-25(18-22)28(26,27)17-19-8-2-1-3-9-19/h1-5,8-11H,6-7,12-18H2. The lowest BCUT2D eigenvalue weighted by molar-refractivity contribution is 0.0670. The SMILES string of the molecule is O=S(=O)(Cc1ccccc1)N1CCCC2(CCCN2Cc2ccccc2F)C1. The number of piperidine rings is 1. The lowest BCUT2D eigenvalue weighted by atomic mass is 9.87. The fourth-order valence-corrected chi connectivity index (χ4v) is 6.36. The van der Waals surface area contributed by atoms with E-state index >= 15 is 0 Å². The third-order valence-electron chi connectivity index (χ3n) is 6.17. The Morgan fingerprint density at radius 2 is 1.61 bits per heavy atom. The molecule has 2 aliphatic rings. The van der Waals surface area contributed by atoms with Crippen molar-refractivity contribution in [1.29, 1.82) is 0 Å². The van der Waals surface area contributed by atoms with E-state index in [-0.39, 0.29) is 17.1 Å². The molecule has 0 amide bonds. The molecular weight excluding hydrogens is 375 g/mol. The Morgan fingerprint density at radius 1 is 0.929 bits per heavy atom. The average Bonchev–Trinajstić information content (AvgIpc) is 3.05. The Morgan fingerprint density at radius 3 is 2.36 bits per heavy atom. The number of sulfonamides is 1. The molecule has 1 unspecified atom stereocenters. The van der Waals surface area contributed by atoms with Crippen molar-refractivity contribution in [2.75, 3.05) is 19.6 Å². The molecule has 2 fully saturated rings. The van der Waals surface area contributed by atoms with E-state index < -0.39 is 10.0 Å². The zero-order chi connectivity index (χ0) is 19.6. The average molecular weight is 403 g/mol. The van der Waals surface area contributed by atoms with Gasteiger partial charge in [-0.2, -0.15) is 4.31 Å². The van der Waals surface area contributed by atoms with Crippen LogP contribution >= 0.6 is 0 Å². The second-order valence-corrected chi connectivity index (χ2v) is 9.99. The van der Waals surface area contributed by atoms with Crippen LogP contribution in [0, 0.1) is 5.82 Å². The maximum atomic E-state index is 14.2. The fraction of sp³-hybridized carbons (Fsp3) is 0.455. The molecule has 4 nitrogen and oxygen atoms in total. The molecule has 1 atom stereocenters. The highest BCUT2D eigenvalue weighted by Crippen LogP contribution is 2.39. The van der Waals surface area contributed by atoms with E-state index in [0.29, 0.717) is 25.2 Å². The van der Waals surface area contributed by atoms with E-state index in [1.54, 1.807) is 10.4 Å². The van der Waals surface area contributed by atoms with Crippen molar-refractivity contribution in [1.82, 2.24) is 9.21 Å². The maximum absolute atomic E-state index is 14.2. The van der Waals surface area contributed by atoms with Crippen LogP contribution < -0.4 is 0 Å². The fourth-order valence-electron chi connectivity index (χ4n) is 4.72. The van der Waals surface area contributed by atoms with Gasteiger partial charge in [-0.05, 0) is 43.9 Å². The number of rotatable bonds is 5. The van der Waals surface area contributed by atoms with Crippen LogP contribution in [0.1, 0.15) is 36.8 Å². The summed E-state index contributed by atoms with van der Waals surface area (Å²) in [5.41, 5.74) is 1.33. The molecule has 2 saturated heterocycles. The van der Waals surface area contributed by atoms with Crippen LogP contribution in [0.5, 0.6) is 0 Å². The van der Waals surface area contributed by atoms with Crippen LogP contribution in [0.2, 0.25) is 0 Å². The minimum atomic E-state index is -3.37. The van der Waals surface area contributed by atoms with Gasteiger partial charge in [0.2, 0.25) is 10.0 Å². The predicted molar refractivity (Wildman–Crippen MR) is 109 cm³/mol. The highest BCUT2D eigenvalue weighted by molar-refractivity contribution is 7.88. The smallest absolute Gasteiger partial charge is 0.218 e. The highest BCUT2D eigenvalue weighted by Gasteiger charge is 2.46. The molecule has 150 valence electrons. The number of hydrogen-bond acceptors (Lipinski definition) is 3. The van der Waals surface area contributed by atoms with Crippen LogP contribution in [0.4, 0.5) is 4.39 Å². The molecule has 1 spiro atoms. The van der Waals surface area contributed by atoms with Crippen LogP contribution in [-0.4, -0.2) is 42.8 Å². The van der Waals surface area contributed by atoms with Gasteiger partial charge in [-0.3, -0.25) is 4.90 Å². The topological polar surface area (TPSA) is 40.6 Å². The van der Waals surface area contributed by atoms with Gasteiger partial charge in [0.05, 0.1) is 5.75 Å². The molecule has 2 aliphatic heterocycles. The summed E-state index contributed by atoms with van der Waals surface area (Å²) >= 11 is 0. The molecule has 0 aromatic heterocycles. The molecule has 0 aliphatic carbocycles. The second kappa shape index (κ2) is 7.93. The van der Waals surface area contributed by atoms with E-state index in [9.17, 15) is 12.8 Å². The molecule has 4 rings (SSSR count). The normalized spacial score (nSPS) is 24.0. The lowest BCUT2D eigenvalue weighted by Gasteiger charge is -2.45. The summed E-state index contributed by atoms with van der Waals surface area (Å²) in [5.74, 6) is -0.147. The van der Waals surface area contributed by atoms with Crippen LogP contribution in [0.3, 0.4) is 0 Å². The monoisotopic (exact) mass is 402 g/mol. The van der Waals surface area contributed by atoms with Gasteiger partial charge in [-0.1, -0.05) is 48.5 Å².